The second-order valence-corrected chi connectivity index (χ2v) is 5.75. The molecule has 21 heavy (non-hydrogen) atoms. The summed E-state index contributed by atoms with van der Waals surface area (Å²) in [5.41, 5.74) is 0.487. The van der Waals surface area contributed by atoms with Gasteiger partial charge in [0.2, 0.25) is 5.95 Å². The van der Waals surface area contributed by atoms with E-state index in [2.05, 4.69) is 34.4 Å². The van der Waals surface area contributed by atoms with Crippen LogP contribution < -0.4 is 10.6 Å². The van der Waals surface area contributed by atoms with Crippen LogP contribution in [0.4, 0.5) is 5.95 Å². The largest absolute Gasteiger partial charge is 0.376 e. The van der Waals surface area contributed by atoms with Gasteiger partial charge in [-0.3, -0.25) is 4.79 Å². The predicted octanol–water partition coefficient (Wildman–Crippen LogP) is 1.84. The smallest absolute Gasteiger partial charge is 0.254 e. The molecular weight excluding hydrogens is 268 g/mol. The van der Waals surface area contributed by atoms with Crippen LogP contribution >= 0.6 is 0 Å². The number of nitrogens with one attached hydrogen (secondary N) is 2. The van der Waals surface area contributed by atoms with Crippen molar-refractivity contribution in [3.8, 4) is 0 Å². The first kappa shape index (κ1) is 15.7. The first-order valence-corrected chi connectivity index (χ1v) is 7.61. The van der Waals surface area contributed by atoms with Gasteiger partial charge in [-0.15, -0.1) is 0 Å². The fraction of sp³-hybridized carbons (Fsp3) is 0.667. The maximum absolute atomic E-state index is 11.9. The van der Waals surface area contributed by atoms with Gasteiger partial charge in [0, 0.05) is 32.1 Å². The number of hydrogen-bond donors (Lipinski definition) is 2. The predicted molar refractivity (Wildman–Crippen MR) is 81.3 cm³/mol. The molecule has 0 aliphatic carbocycles. The van der Waals surface area contributed by atoms with Gasteiger partial charge in [-0.1, -0.05) is 13.8 Å². The van der Waals surface area contributed by atoms with Crippen molar-refractivity contribution in [2.75, 3.05) is 25.0 Å². The van der Waals surface area contributed by atoms with Crippen LogP contribution in [-0.2, 0) is 4.74 Å². The Morgan fingerprint density at radius 3 is 2.81 bits per heavy atom. The molecule has 0 bridgehead atoms. The Labute approximate surface area is 125 Å². The van der Waals surface area contributed by atoms with Crippen LogP contribution in [0.3, 0.4) is 0 Å². The molecule has 1 aliphatic heterocycles. The minimum Gasteiger partial charge on any atom is -0.376 e. The van der Waals surface area contributed by atoms with Gasteiger partial charge in [-0.2, -0.15) is 0 Å². The fourth-order valence-corrected chi connectivity index (χ4v) is 2.12. The van der Waals surface area contributed by atoms with E-state index in [1.54, 1.807) is 12.4 Å². The molecule has 6 nitrogen and oxygen atoms in total. The summed E-state index contributed by atoms with van der Waals surface area (Å²) in [5, 5.41) is 6.00. The monoisotopic (exact) mass is 292 g/mol. The summed E-state index contributed by atoms with van der Waals surface area (Å²) in [6.07, 6.45) is 6.50. The van der Waals surface area contributed by atoms with Crippen molar-refractivity contribution in [1.29, 1.82) is 0 Å². The zero-order valence-corrected chi connectivity index (χ0v) is 12.8. The second kappa shape index (κ2) is 7.93. The first-order valence-electron chi connectivity index (χ1n) is 7.61. The Bertz CT molecular complexity index is 441. The molecule has 1 atom stereocenters. The lowest BCUT2D eigenvalue weighted by molar-refractivity contribution is 0.0951. The highest BCUT2D eigenvalue weighted by Crippen LogP contribution is 2.12. The Kier molecular flexibility index (Phi) is 5.92. The molecule has 0 aromatic carbocycles. The van der Waals surface area contributed by atoms with E-state index in [1.807, 2.05) is 0 Å². The Balaban J connectivity index is 1.76. The summed E-state index contributed by atoms with van der Waals surface area (Å²) in [6, 6.07) is 0. The molecule has 116 valence electrons. The zero-order valence-electron chi connectivity index (χ0n) is 12.8. The van der Waals surface area contributed by atoms with Crippen molar-refractivity contribution in [3.63, 3.8) is 0 Å². The van der Waals surface area contributed by atoms with Crippen molar-refractivity contribution < 1.29 is 9.53 Å². The van der Waals surface area contributed by atoms with Crippen molar-refractivity contribution in [2.45, 2.75) is 39.2 Å². The van der Waals surface area contributed by atoms with Crippen LogP contribution in [0.15, 0.2) is 12.4 Å². The van der Waals surface area contributed by atoms with Crippen LogP contribution in [0, 0.1) is 5.92 Å². The lowest BCUT2D eigenvalue weighted by atomic mass is 10.1. The molecule has 2 rings (SSSR count). The molecule has 1 aromatic heterocycles. The van der Waals surface area contributed by atoms with Crippen molar-refractivity contribution in [3.05, 3.63) is 18.0 Å². The lowest BCUT2D eigenvalue weighted by Crippen LogP contribution is -2.26. The van der Waals surface area contributed by atoms with Crippen LogP contribution in [0.5, 0.6) is 0 Å². The summed E-state index contributed by atoms with van der Waals surface area (Å²) in [6.45, 7) is 6.48. The number of hydrogen-bond acceptors (Lipinski definition) is 5. The van der Waals surface area contributed by atoms with Gasteiger partial charge in [0.05, 0.1) is 11.7 Å². The van der Waals surface area contributed by atoms with E-state index in [1.165, 1.54) is 0 Å². The summed E-state index contributed by atoms with van der Waals surface area (Å²) in [4.78, 5) is 20.2. The minimum absolute atomic E-state index is 0.124. The number of aromatic nitrogens is 2. The molecule has 1 unspecified atom stereocenters. The van der Waals surface area contributed by atoms with Crippen LogP contribution in [0.1, 0.15) is 43.5 Å². The normalized spacial score (nSPS) is 18.0. The topological polar surface area (TPSA) is 76.1 Å². The van der Waals surface area contributed by atoms with Crippen LogP contribution in [0.2, 0.25) is 0 Å². The molecule has 1 aliphatic rings. The van der Waals surface area contributed by atoms with E-state index in [-0.39, 0.29) is 12.0 Å². The third-order valence-corrected chi connectivity index (χ3v) is 3.43. The van der Waals surface area contributed by atoms with E-state index in [0.717, 1.165) is 25.9 Å². The van der Waals surface area contributed by atoms with Gasteiger partial charge in [0.25, 0.3) is 5.91 Å². The van der Waals surface area contributed by atoms with E-state index < -0.39 is 0 Å². The average molecular weight is 292 g/mol. The van der Waals surface area contributed by atoms with E-state index in [4.69, 9.17) is 4.74 Å². The van der Waals surface area contributed by atoms with Gasteiger partial charge in [-0.25, -0.2) is 9.97 Å². The molecule has 2 heterocycles. The van der Waals surface area contributed by atoms with Crippen LogP contribution in [-0.4, -0.2) is 41.7 Å². The number of carbonyl (C=O) groups is 1. The Morgan fingerprint density at radius 2 is 2.19 bits per heavy atom. The number of amides is 1. The van der Waals surface area contributed by atoms with Gasteiger partial charge in [-0.05, 0) is 25.2 Å². The molecule has 0 radical (unpaired) electrons. The average Bonchev–Trinajstić information content (AvgIpc) is 2.98. The van der Waals surface area contributed by atoms with Crippen molar-refractivity contribution >= 4 is 11.9 Å². The second-order valence-electron chi connectivity index (χ2n) is 5.75. The number of anilines is 1. The molecule has 0 saturated carbocycles. The molecular formula is C15H24N4O2. The van der Waals surface area contributed by atoms with E-state index in [0.29, 0.717) is 30.5 Å². The summed E-state index contributed by atoms with van der Waals surface area (Å²) < 4.78 is 5.52. The highest BCUT2D eigenvalue weighted by atomic mass is 16.5. The fourth-order valence-electron chi connectivity index (χ4n) is 2.12. The Hall–Kier alpha value is -1.69. The summed E-state index contributed by atoms with van der Waals surface area (Å²) in [5.74, 6) is 0.983. The van der Waals surface area contributed by atoms with E-state index >= 15 is 0 Å². The SMILES string of the molecule is CC(C)CCNC(=O)c1cnc(NCC2CCCO2)nc1. The third kappa shape index (κ3) is 5.30. The summed E-state index contributed by atoms with van der Waals surface area (Å²) in [7, 11) is 0. The molecule has 1 aromatic rings. The quantitative estimate of drug-likeness (QED) is 0.802. The molecule has 1 fully saturated rings. The maximum atomic E-state index is 11.9. The summed E-state index contributed by atoms with van der Waals surface area (Å²) >= 11 is 0. The highest BCUT2D eigenvalue weighted by Gasteiger charge is 2.15. The third-order valence-electron chi connectivity index (χ3n) is 3.43. The number of rotatable bonds is 7. The first-order chi connectivity index (χ1) is 10.1. The van der Waals surface area contributed by atoms with Crippen molar-refractivity contribution in [1.82, 2.24) is 15.3 Å². The highest BCUT2D eigenvalue weighted by molar-refractivity contribution is 5.93. The molecule has 2 N–H and O–H groups in total. The number of nitrogens with zero attached hydrogens (tertiary/aromatic N) is 2. The number of carbonyl (C=O) groups excluding carboxylic acids is 1. The zero-order chi connectivity index (χ0) is 15.1. The van der Waals surface area contributed by atoms with Gasteiger partial charge >= 0.3 is 0 Å². The number of ether oxygens (including phenoxy) is 1. The minimum atomic E-state index is -0.124. The van der Waals surface area contributed by atoms with Crippen LogP contribution in [0.25, 0.3) is 0 Å². The van der Waals surface area contributed by atoms with Gasteiger partial charge < -0.3 is 15.4 Å². The maximum Gasteiger partial charge on any atom is 0.254 e. The molecule has 0 spiro atoms. The molecule has 1 saturated heterocycles. The van der Waals surface area contributed by atoms with Gasteiger partial charge in [0.15, 0.2) is 0 Å². The molecule has 6 heteroatoms. The lowest BCUT2D eigenvalue weighted by Gasteiger charge is -2.10. The van der Waals surface area contributed by atoms with Gasteiger partial charge in [0.1, 0.15) is 0 Å². The molecule has 1 amide bonds. The Morgan fingerprint density at radius 1 is 1.43 bits per heavy atom. The van der Waals surface area contributed by atoms with Crippen molar-refractivity contribution in [2.24, 2.45) is 5.92 Å². The standard InChI is InChI=1S/C15H24N4O2/c1-11(2)5-6-16-14(20)12-8-17-15(18-9-12)19-10-13-4-3-7-21-13/h8-9,11,13H,3-7,10H2,1-2H3,(H,16,20)(H,17,18,19). The van der Waals surface area contributed by atoms with E-state index in [9.17, 15) is 4.79 Å².